The standard InChI is InChI=1S/C34H42N2O4/c1-21(2)36(22(3)4)20-29-17-28(13-14-31(29)26-15-16-35-32(19-26)39-7)34(38)40-30-10-8-9-27(18-30)33(25-11-12-25)23(5)24(6)37/h8-10,13-19,21-23,25,33H,11-12,20H2,1-7H3/t23-,33+/m1/s1. The van der Waals surface area contributed by atoms with Gasteiger partial charge in [-0.3, -0.25) is 9.69 Å². The molecule has 0 aliphatic heterocycles. The van der Waals surface area contributed by atoms with E-state index in [2.05, 4.69) is 37.6 Å². The molecule has 6 heteroatoms. The van der Waals surface area contributed by atoms with Crippen LogP contribution in [0.2, 0.25) is 0 Å². The number of benzene rings is 2. The van der Waals surface area contributed by atoms with E-state index in [0.717, 1.165) is 35.1 Å². The number of ketones is 1. The van der Waals surface area contributed by atoms with Crippen LogP contribution in [0.4, 0.5) is 0 Å². The topological polar surface area (TPSA) is 68.7 Å². The molecular formula is C34H42N2O4. The highest BCUT2D eigenvalue weighted by Crippen LogP contribution is 2.47. The molecule has 1 aliphatic rings. The van der Waals surface area contributed by atoms with Gasteiger partial charge in [0.05, 0.1) is 12.7 Å². The van der Waals surface area contributed by atoms with Crippen molar-refractivity contribution in [3.8, 4) is 22.8 Å². The lowest BCUT2D eigenvalue weighted by Gasteiger charge is -2.31. The van der Waals surface area contributed by atoms with E-state index < -0.39 is 5.97 Å². The van der Waals surface area contributed by atoms with E-state index in [1.54, 1.807) is 20.2 Å². The second kappa shape index (κ2) is 12.8. The fourth-order valence-electron chi connectivity index (χ4n) is 5.61. The highest BCUT2D eigenvalue weighted by Gasteiger charge is 2.37. The van der Waals surface area contributed by atoms with Crippen molar-refractivity contribution in [1.29, 1.82) is 0 Å². The van der Waals surface area contributed by atoms with E-state index in [4.69, 9.17) is 9.47 Å². The first-order valence-corrected chi connectivity index (χ1v) is 14.3. The quantitative estimate of drug-likeness (QED) is 0.177. The Kier molecular flexibility index (Phi) is 9.41. The van der Waals surface area contributed by atoms with Crippen LogP contribution in [-0.4, -0.2) is 40.8 Å². The molecule has 0 bridgehead atoms. The Morgan fingerprint density at radius 3 is 2.33 bits per heavy atom. The van der Waals surface area contributed by atoms with E-state index in [0.29, 0.717) is 41.7 Å². The number of rotatable bonds is 12. The molecule has 2 aromatic carbocycles. The molecule has 2 atom stereocenters. The molecule has 0 radical (unpaired) electrons. The van der Waals surface area contributed by atoms with Gasteiger partial charge in [0.25, 0.3) is 0 Å². The van der Waals surface area contributed by atoms with Crippen molar-refractivity contribution in [2.24, 2.45) is 11.8 Å². The molecule has 1 saturated carbocycles. The van der Waals surface area contributed by atoms with Crippen molar-refractivity contribution in [3.05, 3.63) is 77.5 Å². The number of pyridine rings is 1. The fraction of sp³-hybridized carbons (Fsp3) is 0.441. The van der Waals surface area contributed by atoms with Crippen LogP contribution in [0.3, 0.4) is 0 Å². The summed E-state index contributed by atoms with van der Waals surface area (Å²) in [6.45, 7) is 13.1. The van der Waals surface area contributed by atoms with Gasteiger partial charge < -0.3 is 9.47 Å². The summed E-state index contributed by atoms with van der Waals surface area (Å²) in [5.74, 6) is 1.43. The Morgan fingerprint density at radius 1 is 0.975 bits per heavy atom. The van der Waals surface area contributed by atoms with Crippen molar-refractivity contribution >= 4 is 11.8 Å². The van der Waals surface area contributed by atoms with Crippen LogP contribution in [0.5, 0.6) is 11.6 Å². The van der Waals surface area contributed by atoms with E-state index in [1.165, 1.54) is 0 Å². The molecule has 1 aliphatic carbocycles. The minimum absolute atomic E-state index is 0.0646. The van der Waals surface area contributed by atoms with Gasteiger partial charge in [-0.25, -0.2) is 9.78 Å². The molecule has 0 amide bonds. The first-order valence-electron chi connectivity index (χ1n) is 14.3. The van der Waals surface area contributed by atoms with Crippen LogP contribution >= 0.6 is 0 Å². The van der Waals surface area contributed by atoms with Crippen molar-refractivity contribution in [2.75, 3.05) is 7.11 Å². The maximum absolute atomic E-state index is 13.4. The lowest BCUT2D eigenvalue weighted by atomic mass is 9.81. The summed E-state index contributed by atoms with van der Waals surface area (Å²) in [5, 5.41) is 0. The molecule has 0 N–H and O–H groups in total. The zero-order valence-electron chi connectivity index (χ0n) is 24.8. The van der Waals surface area contributed by atoms with E-state index in [1.807, 2.05) is 61.5 Å². The lowest BCUT2D eigenvalue weighted by molar-refractivity contribution is -0.121. The van der Waals surface area contributed by atoms with E-state index >= 15 is 0 Å². The number of carbonyl (C=O) groups is 2. The van der Waals surface area contributed by atoms with Crippen LogP contribution in [0, 0.1) is 11.8 Å². The summed E-state index contributed by atoms with van der Waals surface area (Å²) in [6.07, 6.45) is 4.00. The predicted molar refractivity (Wildman–Crippen MR) is 159 cm³/mol. The average Bonchev–Trinajstić information content (AvgIpc) is 3.76. The second-order valence-electron chi connectivity index (χ2n) is 11.5. The summed E-state index contributed by atoms with van der Waals surface area (Å²) in [7, 11) is 1.61. The maximum atomic E-state index is 13.4. The molecule has 1 fully saturated rings. The summed E-state index contributed by atoms with van der Waals surface area (Å²) in [5.41, 5.74) is 4.59. The average molecular weight is 543 g/mol. The van der Waals surface area contributed by atoms with Gasteiger partial charge in [-0.05, 0) is 112 Å². The molecule has 4 rings (SSSR count). The number of methoxy groups -OCH3 is 1. The van der Waals surface area contributed by atoms with Gasteiger partial charge in [0.15, 0.2) is 0 Å². The number of ether oxygens (including phenoxy) is 2. The SMILES string of the molecule is COc1cc(-c2ccc(C(=O)Oc3cccc([C@H](C4CC4)[C@H](C)C(C)=O)c3)cc2CN(C(C)C)C(C)C)ccn1. The first-order chi connectivity index (χ1) is 19.1. The van der Waals surface area contributed by atoms with Crippen LogP contribution in [0.25, 0.3) is 11.1 Å². The van der Waals surface area contributed by atoms with Gasteiger partial charge in [-0.15, -0.1) is 0 Å². The smallest absolute Gasteiger partial charge is 0.343 e. The molecule has 40 heavy (non-hydrogen) atoms. The number of carbonyl (C=O) groups excluding carboxylic acids is 2. The van der Waals surface area contributed by atoms with Gasteiger partial charge in [0.2, 0.25) is 5.88 Å². The number of nitrogens with zero attached hydrogens (tertiary/aromatic N) is 2. The molecule has 6 nitrogen and oxygen atoms in total. The second-order valence-corrected chi connectivity index (χ2v) is 11.5. The highest BCUT2D eigenvalue weighted by molar-refractivity contribution is 5.92. The minimum atomic E-state index is -0.402. The molecule has 0 saturated heterocycles. The Hall–Kier alpha value is -3.51. The number of aromatic nitrogens is 1. The third-order valence-corrected chi connectivity index (χ3v) is 8.04. The van der Waals surface area contributed by atoms with Crippen LogP contribution in [0.15, 0.2) is 60.8 Å². The van der Waals surface area contributed by atoms with E-state index in [-0.39, 0.29) is 17.6 Å². The zero-order chi connectivity index (χ0) is 29.0. The number of hydrogen-bond acceptors (Lipinski definition) is 6. The fourth-order valence-corrected chi connectivity index (χ4v) is 5.61. The largest absolute Gasteiger partial charge is 0.481 e. The Bertz CT molecular complexity index is 1340. The lowest BCUT2D eigenvalue weighted by Crippen LogP contribution is -2.36. The van der Waals surface area contributed by atoms with E-state index in [9.17, 15) is 9.59 Å². The van der Waals surface area contributed by atoms with Gasteiger partial charge >= 0.3 is 5.97 Å². The third kappa shape index (κ3) is 6.97. The molecule has 0 spiro atoms. The van der Waals surface area contributed by atoms with Crippen molar-refractivity contribution < 1.29 is 19.1 Å². The number of esters is 1. The van der Waals surface area contributed by atoms with Crippen LogP contribution in [0.1, 0.15) is 81.8 Å². The van der Waals surface area contributed by atoms with Crippen molar-refractivity contribution in [2.45, 2.75) is 78.9 Å². The molecule has 0 unspecified atom stereocenters. The summed E-state index contributed by atoms with van der Waals surface area (Å²) in [4.78, 5) is 32.3. The minimum Gasteiger partial charge on any atom is -0.481 e. The van der Waals surface area contributed by atoms with Crippen LogP contribution < -0.4 is 9.47 Å². The van der Waals surface area contributed by atoms with Gasteiger partial charge in [0.1, 0.15) is 11.5 Å². The zero-order valence-corrected chi connectivity index (χ0v) is 24.8. The maximum Gasteiger partial charge on any atom is 0.343 e. The monoisotopic (exact) mass is 542 g/mol. The number of Topliss-reactive ketones (excluding diaryl/α,β-unsaturated/α-hetero) is 1. The van der Waals surface area contributed by atoms with Crippen molar-refractivity contribution in [1.82, 2.24) is 9.88 Å². The number of hydrogen-bond donors (Lipinski definition) is 0. The molecule has 212 valence electrons. The summed E-state index contributed by atoms with van der Waals surface area (Å²) in [6, 6.07) is 18.0. The Morgan fingerprint density at radius 2 is 1.70 bits per heavy atom. The normalized spacial score (nSPS) is 14.8. The molecule has 1 aromatic heterocycles. The van der Waals surface area contributed by atoms with Gasteiger partial charge in [0, 0.05) is 36.8 Å². The molecule has 3 aromatic rings. The van der Waals surface area contributed by atoms with Gasteiger partial charge in [-0.2, -0.15) is 0 Å². The Balaban J connectivity index is 1.65. The first kappa shape index (κ1) is 29.5. The van der Waals surface area contributed by atoms with Gasteiger partial charge in [-0.1, -0.05) is 25.1 Å². The van der Waals surface area contributed by atoms with Crippen LogP contribution in [-0.2, 0) is 11.3 Å². The Labute approximate surface area is 238 Å². The summed E-state index contributed by atoms with van der Waals surface area (Å²) < 4.78 is 11.3. The molecule has 1 heterocycles. The summed E-state index contributed by atoms with van der Waals surface area (Å²) >= 11 is 0. The molecular weight excluding hydrogens is 500 g/mol. The van der Waals surface area contributed by atoms with Crippen molar-refractivity contribution in [3.63, 3.8) is 0 Å². The predicted octanol–water partition coefficient (Wildman–Crippen LogP) is 7.31. The third-order valence-electron chi connectivity index (χ3n) is 8.04. The highest BCUT2D eigenvalue weighted by atomic mass is 16.5.